The van der Waals surface area contributed by atoms with Gasteiger partial charge in [0.05, 0.1) is 0 Å². The van der Waals surface area contributed by atoms with Crippen molar-refractivity contribution in [3.8, 4) is 11.5 Å². The van der Waals surface area contributed by atoms with Crippen LogP contribution in [0.25, 0.3) is 11.5 Å². The SMILES string of the molecule is Cc1cccc(-c2nnc([C@H](C)Nc3ccc(C(C)C)cc3)o2)c1. The zero-order valence-corrected chi connectivity index (χ0v) is 14.6. The first-order valence-electron chi connectivity index (χ1n) is 8.30. The molecule has 0 unspecified atom stereocenters. The lowest BCUT2D eigenvalue weighted by Gasteiger charge is -2.12. The number of aromatic nitrogens is 2. The molecule has 124 valence electrons. The van der Waals surface area contributed by atoms with Crippen LogP contribution in [0, 0.1) is 6.92 Å². The number of hydrogen-bond acceptors (Lipinski definition) is 4. The fourth-order valence-electron chi connectivity index (χ4n) is 2.58. The minimum atomic E-state index is -0.0547. The highest BCUT2D eigenvalue weighted by Crippen LogP contribution is 2.24. The van der Waals surface area contributed by atoms with Gasteiger partial charge in [0.1, 0.15) is 6.04 Å². The molecule has 0 radical (unpaired) electrons. The van der Waals surface area contributed by atoms with E-state index in [2.05, 4.69) is 53.6 Å². The number of aryl methyl sites for hydroxylation is 1. The second-order valence-corrected chi connectivity index (χ2v) is 6.46. The van der Waals surface area contributed by atoms with Crippen molar-refractivity contribution >= 4 is 5.69 Å². The first-order chi connectivity index (χ1) is 11.5. The highest BCUT2D eigenvalue weighted by atomic mass is 16.4. The summed E-state index contributed by atoms with van der Waals surface area (Å²) in [4.78, 5) is 0. The summed E-state index contributed by atoms with van der Waals surface area (Å²) in [5, 5.41) is 11.8. The van der Waals surface area contributed by atoms with Gasteiger partial charge in [-0.05, 0) is 49.6 Å². The molecular formula is C20H23N3O. The molecule has 0 saturated carbocycles. The van der Waals surface area contributed by atoms with Crippen LogP contribution < -0.4 is 5.32 Å². The van der Waals surface area contributed by atoms with Crippen LogP contribution in [0.2, 0.25) is 0 Å². The van der Waals surface area contributed by atoms with Crippen LogP contribution in [-0.4, -0.2) is 10.2 Å². The predicted molar refractivity (Wildman–Crippen MR) is 97.0 cm³/mol. The van der Waals surface area contributed by atoms with Crippen molar-refractivity contribution in [3.63, 3.8) is 0 Å². The lowest BCUT2D eigenvalue weighted by atomic mass is 10.0. The topological polar surface area (TPSA) is 51.0 Å². The van der Waals surface area contributed by atoms with Crippen LogP contribution in [0.3, 0.4) is 0 Å². The third kappa shape index (κ3) is 3.65. The van der Waals surface area contributed by atoms with Gasteiger partial charge in [0.25, 0.3) is 0 Å². The average molecular weight is 321 g/mol. The van der Waals surface area contributed by atoms with Gasteiger partial charge in [-0.2, -0.15) is 0 Å². The smallest absolute Gasteiger partial charge is 0.247 e. The normalized spacial score (nSPS) is 12.4. The maximum absolute atomic E-state index is 5.84. The van der Waals surface area contributed by atoms with Crippen LogP contribution in [0.4, 0.5) is 5.69 Å². The Morgan fingerprint density at radius 2 is 1.71 bits per heavy atom. The molecule has 1 N–H and O–H groups in total. The quantitative estimate of drug-likeness (QED) is 0.689. The van der Waals surface area contributed by atoms with Crippen molar-refractivity contribution in [3.05, 3.63) is 65.5 Å². The van der Waals surface area contributed by atoms with Crippen molar-refractivity contribution in [1.29, 1.82) is 0 Å². The third-order valence-electron chi connectivity index (χ3n) is 4.04. The van der Waals surface area contributed by atoms with Gasteiger partial charge in [0, 0.05) is 11.3 Å². The van der Waals surface area contributed by atoms with E-state index in [9.17, 15) is 0 Å². The minimum absolute atomic E-state index is 0.0547. The summed E-state index contributed by atoms with van der Waals surface area (Å²) in [5.41, 5.74) is 4.49. The summed E-state index contributed by atoms with van der Waals surface area (Å²) in [5.74, 6) is 1.67. The van der Waals surface area contributed by atoms with Crippen molar-refractivity contribution in [1.82, 2.24) is 10.2 Å². The van der Waals surface area contributed by atoms with Gasteiger partial charge >= 0.3 is 0 Å². The Morgan fingerprint density at radius 3 is 2.38 bits per heavy atom. The van der Waals surface area contributed by atoms with E-state index in [-0.39, 0.29) is 6.04 Å². The summed E-state index contributed by atoms with van der Waals surface area (Å²) >= 11 is 0. The molecule has 0 aliphatic rings. The lowest BCUT2D eigenvalue weighted by Crippen LogP contribution is -2.07. The first kappa shape index (κ1) is 16.2. The lowest BCUT2D eigenvalue weighted by molar-refractivity contribution is 0.485. The van der Waals surface area contributed by atoms with Gasteiger partial charge in [-0.3, -0.25) is 0 Å². The molecule has 0 aliphatic carbocycles. The molecule has 0 spiro atoms. The Hall–Kier alpha value is -2.62. The van der Waals surface area contributed by atoms with Crippen molar-refractivity contribution in [2.75, 3.05) is 5.32 Å². The summed E-state index contributed by atoms with van der Waals surface area (Å²) < 4.78 is 5.84. The molecular weight excluding hydrogens is 298 g/mol. The molecule has 2 aromatic carbocycles. The number of hydrogen-bond donors (Lipinski definition) is 1. The monoisotopic (exact) mass is 321 g/mol. The Balaban J connectivity index is 1.72. The van der Waals surface area contributed by atoms with E-state index in [4.69, 9.17) is 4.42 Å². The molecule has 0 bridgehead atoms. The molecule has 3 rings (SSSR count). The molecule has 0 aliphatic heterocycles. The second-order valence-electron chi connectivity index (χ2n) is 6.46. The van der Waals surface area contributed by atoms with Gasteiger partial charge in [-0.25, -0.2) is 0 Å². The van der Waals surface area contributed by atoms with Crippen LogP contribution in [0.15, 0.2) is 52.9 Å². The van der Waals surface area contributed by atoms with Gasteiger partial charge in [0.2, 0.25) is 11.8 Å². The Bertz CT molecular complexity index is 806. The van der Waals surface area contributed by atoms with E-state index in [1.807, 2.05) is 38.1 Å². The van der Waals surface area contributed by atoms with E-state index in [0.29, 0.717) is 17.7 Å². The predicted octanol–water partition coefficient (Wildman–Crippen LogP) is 5.34. The van der Waals surface area contributed by atoms with E-state index in [1.165, 1.54) is 11.1 Å². The average Bonchev–Trinajstić information content (AvgIpc) is 3.05. The van der Waals surface area contributed by atoms with E-state index in [0.717, 1.165) is 11.3 Å². The van der Waals surface area contributed by atoms with Crippen LogP contribution in [0.1, 0.15) is 49.7 Å². The Labute approximate surface area is 142 Å². The van der Waals surface area contributed by atoms with E-state index >= 15 is 0 Å². The summed E-state index contributed by atoms with van der Waals surface area (Å²) in [6, 6.07) is 16.5. The first-order valence-corrected chi connectivity index (χ1v) is 8.30. The zero-order chi connectivity index (χ0) is 17.1. The maximum atomic E-state index is 5.84. The Kier molecular flexibility index (Phi) is 4.65. The molecule has 0 saturated heterocycles. The number of nitrogens with zero attached hydrogens (tertiary/aromatic N) is 2. The molecule has 3 aromatic rings. The fourth-order valence-corrected chi connectivity index (χ4v) is 2.58. The van der Waals surface area contributed by atoms with E-state index in [1.54, 1.807) is 0 Å². The maximum Gasteiger partial charge on any atom is 0.247 e. The second kappa shape index (κ2) is 6.87. The number of anilines is 1. The number of benzene rings is 2. The summed E-state index contributed by atoms with van der Waals surface area (Å²) in [6.07, 6.45) is 0. The molecule has 0 amide bonds. The number of nitrogens with one attached hydrogen (secondary N) is 1. The summed E-state index contributed by atoms with van der Waals surface area (Å²) in [6.45, 7) is 8.45. The highest BCUT2D eigenvalue weighted by molar-refractivity contribution is 5.53. The molecule has 1 atom stereocenters. The van der Waals surface area contributed by atoms with Gasteiger partial charge in [-0.15, -0.1) is 10.2 Å². The van der Waals surface area contributed by atoms with Gasteiger partial charge < -0.3 is 9.73 Å². The molecule has 1 heterocycles. The molecule has 4 heteroatoms. The van der Waals surface area contributed by atoms with Crippen molar-refractivity contribution in [2.24, 2.45) is 0 Å². The standard InChI is InChI=1S/C20H23N3O/c1-13(2)16-8-10-18(11-9-16)21-15(4)19-22-23-20(24-19)17-7-5-6-14(3)12-17/h5-13,15,21H,1-4H3/t15-/m0/s1. The highest BCUT2D eigenvalue weighted by Gasteiger charge is 2.15. The fraction of sp³-hybridized carbons (Fsp3) is 0.300. The van der Waals surface area contributed by atoms with Crippen molar-refractivity contribution < 1.29 is 4.42 Å². The van der Waals surface area contributed by atoms with E-state index < -0.39 is 0 Å². The Morgan fingerprint density at radius 1 is 0.958 bits per heavy atom. The van der Waals surface area contributed by atoms with Gasteiger partial charge in [-0.1, -0.05) is 43.7 Å². The van der Waals surface area contributed by atoms with Crippen molar-refractivity contribution in [2.45, 2.75) is 39.7 Å². The minimum Gasteiger partial charge on any atom is -0.418 e. The zero-order valence-electron chi connectivity index (χ0n) is 14.6. The van der Waals surface area contributed by atoms with Crippen LogP contribution in [0.5, 0.6) is 0 Å². The molecule has 1 aromatic heterocycles. The van der Waals surface area contributed by atoms with Crippen LogP contribution in [-0.2, 0) is 0 Å². The molecule has 0 fully saturated rings. The molecule has 24 heavy (non-hydrogen) atoms. The largest absolute Gasteiger partial charge is 0.418 e. The third-order valence-corrected chi connectivity index (χ3v) is 4.04. The molecule has 4 nitrogen and oxygen atoms in total. The number of rotatable bonds is 5. The van der Waals surface area contributed by atoms with Crippen LogP contribution >= 0.6 is 0 Å². The van der Waals surface area contributed by atoms with Gasteiger partial charge in [0.15, 0.2) is 0 Å². The summed E-state index contributed by atoms with van der Waals surface area (Å²) in [7, 11) is 0.